The Kier molecular flexibility index (Phi) is 5.26. The third-order valence-corrected chi connectivity index (χ3v) is 4.67. The van der Waals surface area contributed by atoms with Crippen LogP contribution in [0.5, 0.6) is 0 Å². The fraction of sp³-hybridized carbons (Fsp3) is 1.00. The van der Waals surface area contributed by atoms with Gasteiger partial charge in [0, 0.05) is 6.54 Å². The fourth-order valence-corrected chi connectivity index (χ4v) is 2.48. The van der Waals surface area contributed by atoms with Gasteiger partial charge in [-0.1, -0.05) is 34.1 Å². The van der Waals surface area contributed by atoms with Crippen LogP contribution < -0.4 is 11.1 Å². The fourth-order valence-electron chi connectivity index (χ4n) is 2.48. The van der Waals surface area contributed by atoms with Gasteiger partial charge in [0.2, 0.25) is 0 Å². The van der Waals surface area contributed by atoms with Crippen LogP contribution in [0.2, 0.25) is 0 Å². The van der Waals surface area contributed by atoms with E-state index in [2.05, 4.69) is 33.0 Å². The zero-order valence-electron chi connectivity index (χ0n) is 11.6. The van der Waals surface area contributed by atoms with Crippen LogP contribution in [0, 0.1) is 23.2 Å². The minimum atomic E-state index is 0.400. The van der Waals surface area contributed by atoms with Gasteiger partial charge in [0.1, 0.15) is 0 Å². The van der Waals surface area contributed by atoms with Crippen molar-refractivity contribution in [2.75, 3.05) is 19.6 Å². The van der Waals surface area contributed by atoms with E-state index in [1.807, 2.05) is 0 Å². The Balaban J connectivity index is 2.25. The maximum absolute atomic E-state index is 5.80. The smallest absolute Gasteiger partial charge is 0.000508 e. The van der Waals surface area contributed by atoms with Crippen molar-refractivity contribution in [2.45, 2.75) is 47.0 Å². The molecule has 0 amide bonds. The summed E-state index contributed by atoms with van der Waals surface area (Å²) in [5.41, 5.74) is 6.20. The van der Waals surface area contributed by atoms with Gasteiger partial charge in [-0.05, 0) is 49.1 Å². The molecule has 0 aromatic rings. The SMILES string of the molecule is CC(C)C(C)(C)CNCC1CCCC1CN. The maximum atomic E-state index is 5.80. The lowest BCUT2D eigenvalue weighted by atomic mass is 9.81. The number of hydrogen-bond donors (Lipinski definition) is 2. The average Bonchev–Trinajstić information content (AvgIpc) is 2.64. The lowest BCUT2D eigenvalue weighted by Gasteiger charge is -2.30. The van der Waals surface area contributed by atoms with Crippen LogP contribution in [0.1, 0.15) is 47.0 Å². The molecule has 1 aliphatic carbocycles. The lowest BCUT2D eigenvalue weighted by molar-refractivity contribution is 0.228. The molecule has 1 saturated carbocycles. The van der Waals surface area contributed by atoms with Crippen LogP contribution in [0.25, 0.3) is 0 Å². The van der Waals surface area contributed by atoms with Crippen LogP contribution in [-0.2, 0) is 0 Å². The summed E-state index contributed by atoms with van der Waals surface area (Å²) in [5, 5.41) is 3.66. The van der Waals surface area contributed by atoms with Crippen molar-refractivity contribution in [1.82, 2.24) is 5.32 Å². The summed E-state index contributed by atoms with van der Waals surface area (Å²) in [5.74, 6) is 2.33. The van der Waals surface area contributed by atoms with Gasteiger partial charge in [0.05, 0.1) is 0 Å². The average molecular weight is 226 g/mol. The minimum absolute atomic E-state index is 0.400. The van der Waals surface area contributed by atoms with E-state index in [1.165, 1.54) is 19.3 Å². The first-order chi connectivity index (χ1) is 7.47. The van der Waals surface area contributed by atoms with Gasteiger partial charge in [-0.15, -0.1) is 0 Å². The zero-order chi connectivity index (χ0) is 12.2. The molecule has 0 radical (unpaired) electrons. The summed E-state index contributed by atoms with van der Waals surface area (Å²) < 4.78 is 0. The van der Waals surface area contributed by atoms with Crippen LogP contribution in [-0.4, -0.2) is 19.6 Å². The second-order valence-corrected chi connectivity index (χ2v) is 6.46. The molecule has 96 valence electrons. The lowest BCUT2D eigenvalue weighted by Crippen LogP contribution is -2.37. The molecule has 0 spiro atoms. The first-order valence-electron chi connectivity index (χ1n) is 6.88. The molecule has 16 heavy (non-hydrogen) atoms. The molecule has 2 unspecified atom stereocenters. The Morgan fingerprint density at radius 1 is 1.25 bits per heavy atom. The molecule has 0 saturated heterocycles. The van der Waals surface area contributed by atoms with E-state index in [0.29, 0.717) is 5.41 Å². The standard InChI is InChI=1S/C14H30N2/c1-11(2)14(3,4)10-16-9-13-7-5-6-12(13)8-15/h11-13,16H,5-10,15H2,1-4H3. The molecule has 0 aromatic heterocycles. The van der Waals surface area contributed by atoms with E-state index in [1.54, 1.807) is 0 Å². The van der Waals surface area contributed by atoms with Gasteiger partial charge >= 0.3 is 0 Å². The van der Waals surface area contributed by atoms with Gasteiger partial charge in [-0.2, -0.15) is 0 Å². The molecule has 0 aliphatic heterocycles. The summed E-state index contributed by atoms with van der Waals surface area (Å²) in [6.07, 6.45) is 4.09. The van der Waals surface area contributed by atoms with Gasteiger partial charge in [-0.3, -0.25) is 0 Å². The highest BCUT2D eigenvalue weighted by Crippen LogP contribution is 2.31. The highest BCUT2D eigenvalue weighted by atomic mass is 14.9. The molecule has 2 nitrogen and oxygen atoms in total. The van der Waals surface area contributed by atoms with Crippen LogP contribution in [0.15, 0.2) is 0 Å². The summed E-state index contributed by atoms with van der Waals surface area (Å²) in [6, 6.07) is 0. The van der Waals surface area contributed by atoms with E-state index in [-0.39, 0.29) is 0 Å². The predicted molar refractivity (Wildman–Crippen MR) is 71.4 cm³/mol. The Hall–Kier alpha value is -0.0800. The second-order valence-electron chi connectivity index (χ2n) is 6.46. The monoisotopic (exact) mass is 226 g/mol. The molecule has 1 aliphatic rings. The van der Waals surface area contributed by atoms with Crippen LogP contribution >= 0.6 is 0 Å². The summed E-state index contributed by atoms with van der Waals surface area (Å²) >= 11 is 0. The second kappa shape index (κ2) is 6.02. The van der Waals surface area contributed by atoms with Crippen LogP contribution in [0.3, 0.4) is 0 Å². The van der Waals surface area contributed by atoms with Crippen LogP contribution in [0.4, 0.5) is 0 Å². The molecule has 2 atom stereocenters. The highest BCUT2D eigenvalue weighted by molar-refractivity contribution is 4.81. The zero-order valence-corrected chi connectivity index (χ0v) is 11.6. The van der Waals surface area contributed by atoms with Gasteiger partial charge in [0.15, 0.2) is 0 Å². The molecule has 2 heteroatoms. The van der Waals surface area contributed by atoms with Gasteiger partial charge < -0.3 is 11.1 Å². The molecule has 0 heterocycles. The number of nitrogens with one attached hydrogen (secondary N) is 1. The van der Waals surface area contributed by atoms with Crippen molar-refractivity contribution in [1.29, 1.82) is 0 Å². The van der Waals surface area contributed by atoms with E-state index >= 15 is 0 Å². The maximum Gasteiger partial charge on any atom is 0.000508 e. The highest BCUT2D eigenvalue weighted by Gasteiger charge is 2.27. The van der Waals surface area contributed by atoms with Crippen molar-refractivity contribution in [3.05, 3.63) is 0 Å². The van der Waals surface area contributed by atoms with Gasteiger partial charge in [0.25, 0.3) is 0 Å². The third-order valence-electron chi connectivity index (χ3n) is 4.67. The molecule has 1 rings (SSSR count). The summed E-state index contributed by atoms with van der Waals surface area (Å²) in [7, 11) is 0. The van der Waals surface area contributed by atoms with Crippen molar-refractivity contribution < 1.29 is 0 Å². The number of hydrogen-bond acceptors (Lipinski definition) is 2. The Bertz CT molecular complexity index is 199. The topological polar surface area (TPSA) is 38.0 Å². The molecule has 0 bridgehead atoms. The third kappa shape index (κ3) is 3.74. The van der Waals surface area contributed by atoms with E-state index in [0.717, 1.165) is 37.4 Å². The van der Waals surface area contributed by atoms with E-state index in [4.69, 9.17) is 5.73 Å². The largest absolute Gasteiger partial charge is 0.330 e. The Morgan fingerprint density at radius 3 is 2.44 bits per heavy atom. The summed E-state index contributed by atoms with van der Waals surface area (Å²) in [6.45, 7) is 12.5. The predicted octanol–water partition coefficient (Wildman–Crippen LogP) is 2.63. The Labute approximate surface area is 101 Å². The number of rotatable bonds is 6. The van der Waals surface area contributed by atoms with Crippen molar-refractivity contribution in [3.63, 3.8) is 0 Å². The Morgan fingerprint density at radius 2 is 1.88 bits per heavy atom. The van der Waals surface area contributed by atoms with Crippen molar-refractivity contribution >= 4 is 0 Å². The quantitative estimate of drug-likeness (QED) is 0.730. The molecule has 1 fully saturated rings. The van der Waals surface area contributed by atoms with E-state index < -0.39 is 0 Å². The summed E-state index contributed by atoms with van der Waals surface area (Å²) in [4.78, 5) is 0. The van der Waals surface area contributed by atoms with Gasteiger partial charge in [-0.25, -0.2) is 0 Å². The number of nitrogens with two attached hydrogens (primary N) is 1. The minimum Gasteiger partial charge on any atom is -0.330 e. The molecular weight excluding hydrogens is 196 g/mol. The van der Waals surface area contributed by atoms with Crippen molar-refractivity contribution in [3.8, 4) is 0 Å². The first-order valence-corrected chi connectivity index (χ1v) is 6.88. The van der Waals surface area contributed by atoms with Crippen molar-refractivity contribution in [2.24, 2.45) is 28.9 Å². The van der Waals surface area contributed by atoms with E-state index in [9.17, 15) is 0 Å². The molecule has 0 aromatic carbocycles. The molecular formula is C14H30N2. The molecule has 3 N–H and O–H groups in total. The first kappa shape index (κ1) is 14.0. The normalized spacial score (nSPS) is 26.6.